The van der Waals surface area contributed by atoms with Crippen molar-refractivity contribution in [2.45, 2.75) is 26.2 Å². The van der Waals surface area contributed by atoms with Gasteiger partial charge < -0.3 is 14.6 Å². The molecule has 0 aliphatic heterocycles. The number of esters is 1. The first-order chi connectivity index (χ1) is 8.43. The molecule has 4 heteroatoms. The zero-order chi connectivity index (χ0) is 13.6. The van der Waals surface area contributed by atoms with Gasteiger partial charge >= 0.3 is 5.97 Å². The minimum Gasteiger partial charge on any atom is -0.482 e. The highest BCUT2D eigenvalue weighted by molar-refractivity contribution is 5.71. The number of rotatable bonds is 5. The molecule has 1 aromatic carbocycles. The number of carbonyl (C=O) groups is 1. The van der Waals surface area contributed by atoms with Crippen molar-refractivity contribution in [1.29, 1.82) is 0 Å². The van der Waals surface area contributed by atoms with Crippen molar-refractivity contribution in [3.8, 4) is 5.75 Å². The third kappa shape index (κ3) is 4.75. The Labute approximate surface area is 108 Å². The molecular weight excluding hydrogens is 232 g/mol. The van der Waals surface area contributed by atoms with Gasteiger partial charge in [0.15, 0.2) is 6.61 Å². The van der Waals surface area contributed by atoms with Crippen LogP contribution < -0.4 is 4.74 Å². The van der Waals surface area contributed by atoms with Gasteiger partial charge in [0, 0.05) is 0 Å². The molecule has 0 aromatic heterocycles. The molecular formula is C14H20O4. The van der Waals surface area contributed by atoms with E-state index >= 15 is 0 Å². The van der Waals surface area contributed by atoms with Crippen molar-refractivity contribution in [2.75, 3.05) is 19.8 Å². The maximum absolute atomic E-state index is 11.1. The fourth-order valence-electron chi connectivity index (χ4n) is 1.39. The zero-order valence-electron chi connectivity index (χ0n) is 11.1. The molecule has 0 radical (unpaired) electrons. The van der Waals surface area contributed by atoms with Gasteiger partial charge in [0.2, 0.25) is 0 Å². The predicted octanol–water partition coefficient (Wildman–Crippen LogP) is 1.90. The standard InChI is InChI=1S/C14H20O4/c1-14(2,3)11-4-6-12(7-5-11)18-10-13(16)17-9-8-15/h4-7,15H,8-10H2,1-3H3. The first-order valence-corrected chi connectivity index (χ1v) is 5.93. The van der Waals surface area contributed by atoms with E-state index in [2.05, 4.69) is 25.5 Å². The third-order valence-electron chi connectivity index (χ3n) is 2.43. The molecule has 0 unspecified atom stereocenters. The zero-order valence-corrected chi connectivity index (χ0v) is 11.1. The van der Waals surface area contributed by atoms with Crippen LogP contribution in [0.3, 0.4) is 0 Å². The molecule has 1 N–H and O–H groups in total. The van der Waals surface area contributed by atoms with Gasteiger partial charge in [-0.2, -0.15) is 0 Å². The van der Waals surface area contributed by atoms with E-state index in [1.165, 1.54) is 5.56 Å². The molecule has 0 aliphatic rings. The maximum Gasteiger partial charge on any atom is 0.344 e. The summed E-state index contributed by atoms with van der Waals surface area (Å²) in [4.78, 5) is 11.1. The van der Waals surface area contributed by atoms with Gasteiger partial charge in [-0.05, 0) is 23.1 Å². The molecule has 0 saturated heterocycles. The summed E-state index contributed by atoms with van der Waals surface area (Å²) in [5.74, 6) is 0.146. The molecule has 0 aliphatic carbocycles. The van der Waals surface area contributed by atoms with Crippen molar-refractivity contribution in [2.24, 2.45) is 0 Å². The normalized spacial score (nSPS) is 11.1. The number of aliphatic hydroxyl groups excluding tert-OH is 1. The number of benzene rings is 1. The molecule has 1 rings (SSSR count). The second-order valence-electron chi connectivity index (χ2n) is 5.01. The summed E-state index contributed by atoms with van der Waals surface area (Å²) in [5.41, 5.74) is 1.30. The lowest BCUT2D eigenvalue weighted by atomic mass is 9.87. The van der Waals surface area contributed by atoms with Crippen LogP contribution in [-0.4, -0.2) is 30.9 Å². The first-order valence-electron chi connectivity index (χ1n) is 5.93. The number of carbonyl (C=O) groups excluding carboxylic acids is 1. The topological polar surface area (TPSA) is 55.8 Å². The molecule has 1 aromatic rings. The first kappa shape index (κ1) is 14.5. The van der Waals surface area contributed by atoms with Crippen molar-refractivity contribution < 1.29 is 19.4 Å². The lowest BCUT2D eigenvalue weighted by Gasteiger charge is -2.19. The molecule has 18 heavy (non-hydrogen) atoms. The number of hydrogen-bond acceptors (Lipinski definition) is 4. The van der Waals surface area contributed by atoms with Crippen LogP contribution in [0.5, 0.6) is 5.75 Å². The molecule has 0 spiro atoms. The van der Waals surface area contributed by atoms with E-state index < -0.39 is 5.97 Å². The molecule has 0 fully saturated rings. The van der Waals surface area contributed by atoms with Crippen LogP contribution in [0.4, 0.5) is 0 Å². The average molecular weight is 252 g/mol. The van der Waals surface area contributed by atoms with Crippen LogP contribution in [0.1, 0.15) is 26.3 Å². The second kappa shape index (κ2) is 6.40. The van der Waals surface area contributed by atoms with E-state index in [-0.39, 0.29) is 25.2 Å². The maximum atomic E-state index is 11.1. The summed E-state index contributed by atoms with van der Waals surface area (Å²) in [6.07, 6.45) is 0. The number of hydrogen-bond donors (Lipinski definition) is 1. The number of aliphatic hydroxyl groups is 1. The van der Waals surface area contributed by atoms with Crippen molar-refractivity contribution in [1.82, 2.24) is 0 Å². The van der Waals surface area contributed by atoms with E-state index in [9.17, 15) is 4.79 Å². The molecule has 0 amide bonds. The predicted molar refractivity (Wildman–Crippen MR) is 68.7 cm³/mol. The summed E-state index contributed by atoms with van der Waals surface area (Å²) < 4.78 is 9.95. The summed E-state index contributed by atoms with van der Waals surface area (Å²) in [6.45, 7) is 6.09. The van der Waals surface area contributed by atoms with Crippen LogP contribution in [0.25, 0.3) is 0 Å². The van der Waals surface area contributed by atoms with Crippen molar-refractivity contribution >= 4 is 5.97 Å². The van der Waals surface area contributed by atoms with Gasteiger partial charge in [-0.25, -0.2) is 4.79 Å². The average Bonchev–Trinajstić information content (AvgIpc) is 2.33. The van der Waals surface area contributed by atoms with E-state index in [4.69, 9.17) is 9.84 Å². The Morgan fingerprint density at radius 1 is 1.22 bits per heavy atom. The Morgan fingerprint density at radius 2 is 1.83 bits per heavy atom. The molecule has 0 heterocycles. The third-order valence-corrected chi connectivity index (χ3v) is 2.43. The van der Waals surface area contributed by atoms with Crippen molar-refractivity contribution in [3.63, 3.8) is 0 Å². The summed E-state index contributed by atoms with van der Waals surface area (Å²) in [7, 11) is 0. The Bertz CT molecular complexity index is 376. The van der Waals surface area contributed by atoms with Gasteiger partial charge in [-0.15, -0.1) is 0 Å². The smallest absolute Gasteiger partial charge is 0.344 e. The largest absolute Gasteiger partial charge is 0.482 e. The van der Waals surface area contributed by atoms with Crippen LogP contribution in [-0.2, 0) is 14.9 Å². The lowest BCUT2D eigenvalue weighted by molar-refractivity contribution is -0.146. The highest BCUT2D eigenvalue weighted by atomic mass is 16.6. The minimum atomic E-state index is -0.482. The molecule has 4 nitrogen and oxygen atoms in total. The van der Waals surface area contributed by atoms with Crippen LogP contribution >= 0.6 is 0 Å². The monoisotopic (exact) mass is 252 g/mol. The van der Waals surface area contributed by atoms with E-state index in [0.29, 0.717) is 5.75 Å². The summed E-state index contributed by atoms with van der Waals surface area (Å²) in [5, 5.41) is 8.49. The lowest BCUT2D eigenvalue weighted by Crippen LogP contribution is -2.17. The molecule has 0 atom stereocenters. The minimum absolute atomic E-state index is 0.00511. The Hall–Kier alpha value is -1.55. The Balaban J connectivity index is 2.47. The van der Waals surface area contributed by atoms with Crippen molar-refractivity contribution in [3.05, 3.63) is 29.8 Å². The summed E-state index contributed by atoms with van der Waals surface area (Å²) in [6, 6.07) is 7.63. The van der Waals surface area contributed by atoms with Gasteiger partial charge in [-0.1, -0.05) is 32.9 Å². The SMILES string of the molecule is CC(C)(C)c1ccc(OCC(=O)OCCO)cc1. The Morgan fingerprint density at radius 3 is 2.33 bits per heavy atom. The summed E-state index contributed by atoms with van der Waals surface area (Å²) >= 11 is 0. The Kier molecular flexibility index (Phi) is 5.16. The van der Waals surface area contributed by atoms with Gasteiger partial charge in [0.25, 0.3) is 0 Å². The second-order valence-corrected chi connectivity index (χ2v) is 5.01. The van der Waals surface area contributed by atoms with Gasteiger partial charge in [0.05, 0.1) is 6.61 Å². The molecule has 0 saturated carbocycles. The van der Waals surface area contributed by atoms with Crippen LogP contribution in [0.2, 0.25) is 0 Å². The van der Waals surface area contributed by atoms with Crippen LogP contribution in [0, 0.1) is 0 Å². The number of ether oxygens (including phenoxy) is 2. The van der Waals surface area contributed by atoms with E-state index in [1.807, 2.05) is 24.3 Å². The highest BCUT2D eigenvalue weighted by Gasteiger charge is 2.13. The van der Waals surface area contributed by atoms with Crippen LogP contribution in [0.15, 0.2) is 24.3 Å². The highest BCUT2D eigenvalue weighted by Crippen LogP contribution is 2.24. The fraction of sp³-hybridized carbons (Fsp3) is 0.500. The molecule has 0 bridgehead atoms. The van der Waals surface area contributed by atoms with Gasteiger partial charge in [-0.3, -0.25) is 0 Å². The van der Waals surface area contributed by atoms with Gasteiger partial charge in [0.1, 0.15) is 12.4 Å². The van der Waals surface area contributed by atoms with E-state index in [1.54, 1.807) is 0 Å². The fourth-order valence-corrected chi connectivity index (χ4v) is 1.39. The molecule has 100 valence electrons. The van der Waals surface area contributed by atoms with E-state index in [0.717, 1.165) is 0 Å². The quantitative estimate of drug-likeness (QED) is 0.813.